The van der Waals surface area contributed by atoms with Gasteiger partial charge in [-0.05, 0) is 30.7 Å². The lowest BCUT2D eigenvalue weighted by Crippen LogP contribution is -2.11. The van der Waals surface area contributed by atoms with Crippen LogP contribution in [-0.4, -0.2) is 30.5 Å². The molecule has 0 unspecified atom stereocenters. The molecule has 142 valence electrons. The Morgan fingerprint density at radius 1 is 1.07 bits per heavy atom. The van der Waals surface area contributed by atoms with Crippen molar-refractivity contribution >= 4 is 23.1 Å². The number of hydrogen-bond donors (Lipinski definition) is 1. The molecule has 1 N–H and O–H groups in total. The number of halogens is 1. The number of carboxylic acids is 1. The Labute approximate surface area is 167 Å². The molecule has 28 heavy (non-hydrogen) atoms. The Kier molecular flexibility index (Phi) is 4.88. The van der Waals surface area contributed by atoms with Crippen LogP contribution in [0.3, 0.4) is 0 Å². The summed E-state index contributed by atoms with van der Waals surface area (Å²) in [5.74, 6) is -1.03. The topological polar surface area (TPSA) is 72.4 Å². The third kappa shape index (κ3) is 3.51. The molecule has 7 heteroatoms. The summed E-state index contributed by atoms with van der Waals surface area (Å²) in [6.45, 7) is 2.44. The zero-order chi connectivity index (χ0) is 19.7. The lowest BCUT2D eigenvalue weighted by molar-refractivity contribution is 0.0689. The molecule has 3 heterocycles. The third-order valence-electron chi connectivity index (χ3n) is 4.57. The lowest BCUT2D eigenvalue weighted by Gasteiger charge is -2.09. The maximum absolute atomic E-state index is 11.3. The number of pyridine rings is 1. The average Bonchev–Trinajstić information content (AvgIpc) is 3.27. The van der Waals surface area contributed by atoms with E-state index >= 15 is 0 Å². The molecule has 0 saturated carbocycles. The van der Waals surface area contributed by atoms with E-state index in [1.807, 2.05) is 53.0 Å². The van der Waals surface area contributed by atoms with Gasteiger partial charge in [-0.2, -0.15) is 10.2 Å². The molecular formula is C21H19ClN4O2. The first-order chi connectivity index (χ1) is 13.5. The van der Waals surface area contributed by atoms with Crippen molar-refractivity contribution in [3.05, 3.63) is 76.7 Å². The first-order valence-electron chi connectivity index (χ1n) is 9.09. The summed E-state index contributed by atoms with van der Waals surface area (Å²) in [7, 11) is 0. The summed E-state index contributed by atoms with van der Waals surface area (Å²) in [5, 5.41) is 18.9. The van der Waals surface area contributed by atoms with Crippen molar-refractivity contribution < 1.29 is 9.90 Å². The Bertz CT molecular complexity index is 1150. The predicted octanol–water partition coefficient (Wildman–Crippen LogP) is 4.55. The van der Waals surface area contributed by atoms with E-state index in [1.54, 1.807) is 10.7 Å². The molecule has 0 aliphatic rings. The van der Waals surface area contributed by atoms with Crippen LogP contribution < -0.4 is 0 Å². The van der Waals surface area contributed by atoms with Crippen LogP contribution in [0.15, 0.2) is 54.6 Å². The normalized spacial score (nSPS) is 11.2. The predicted molar refractivity (Wildman–Crippen MR) is 108 cm³/mol. The van der Waals surface area contributed by atoms with E-state index in [4.69, 9.17) is 16.7 Å². The van der Waals surface area contributed by atoms with E-state index in [0.717, 1.165) is 41.0 Å². The van der Waals surface area contributed by atoms with E-state index in [1.165, 1.54) is 0 Å². The second-order valence-corrected chi connectivity index (χ2v) is 7.07. The van der Waals surface area contributed by atoms with Gasteiger partial charge in [-0.15, -0.1) is 0 Å². The smallest absolute Gasteiger partial charge is 0.356 e. The van der Waals surface area contributed by atoms with Gasteiger partial charge in [0.2, 0.25) is 0 Å². The van der Waals surface area contributed by atoms with Crippen molar-refractivity contribution in [2.75, 3.05) is 0 Å². The summed E-state index contributed by atoms with van der Waals surface area (Å²) in [5.41, 5.74) is 4.51. The van der Waals surface area contributed by atoms with Crippen molar-refractivity contribution in [3.63, 3.8) is 0 Å². The number of benzene rings is 1. The molecule has 0 fully saturated rings. The van der Waals surface area contributed by atoms with Crippen LogP contribution in [0.5, 0.6) is 0 Å². The minimum Gasteiger partial charge on any atom is -0.476 e. The quantitative estimate of drug-likeness (QED) is 0.520. The van der Waals surface area contributed by atoms with Crippen molar-refractivity contribution in [2.24, 2.45) is 0 Å². The number of nitrogens with zero attached hydrogens (tertiary/aromatic N) is 4. The zero-order valence-electron chi connectivity index (χ0n) is 15.3. The molecule has 4 aromatic rings. The summed E-state index contributed by atoms with van der Waals surface area (Å²) in [4.78, 5) is 11.3. The monoisotopic (exact) mass is 394 g/mol. The largest absolute Gasteiger partial charge is 0.476 e. The van der Waals surface area contributed by atoms with E-state index in [0.29, 0.717) is 11.6 Å². The van der Waals surface area contributed by atoms with Crippen LogP contribution in [-0.2, 0) is 13.0 Å². The Morgan fingerprint density at radius 3 is 2.57 bits per heavy atom. The van der Waals surface area contributed by atoms with Gasteiger partial charge in [0.05, 0.1) is 23.4 Å². The molecule has 0 saturated heterocycles. The van der Waals surface area contributed by atoms with Crippen molar-refractivity contribution in [1.82, 2.24) is 19.4 Å². The molecule has 0 bridgehead atoms. The first-order valence-corrected chi connectivity index (χ1v) is 9.46. The maximum atomic E-state index is 11.3. The van der Waals surface area contributed by atoms with E-state index in [9.17, 15) is 9.90 Å². The van der Waals surface area contributed by atoms with Gasteiger partial charge in [0.15, 0.2) is 5.69 Å². The molecule has 0 aliphatic carbocycles. The summed E-state index contributed by atoms with van der Waals surface area (Å²) in [6.07, 6.45) is 1.65. The Balaban J connectivity index is 1.79. The molecule has 1 aromatic carbocycles. The number of aromatic nitrogens is 4. The molecule has 0 radical (unpaired) electrons. The second-order valence-electron chi connectivity index (χ2n) is 6.63. The number of carboxylic acid groups (broad SMARTS) is 1. The van der Waals surface area contributed by atoms with Crippen LogP contribution in [0.4, 0.5) is 0 Å². The molecule has 3 aromatic heterocycles. The first kappa shape index (κ1) is 18.3. The molecule has 4 rings (SSSR count). The molecule has 0 spiro atoms. The number of fused-ring (bicyclic) bond motifs is 1. The zero-order valence-corrected chi connectivity index (χ0v) is 16.1. The SMILES string of the molecule is CCCc1cc(C(=O)O)nn1Cc1cc(Cl)cc2cc(-c3ccccc3)nn12. The number of aromatic carboxylic acids is 1. The standard InChI is InChI=1S/C21H19ClN4O2/c1-2-6-16-11-20(21(27)28)23-25(16)13-18-10-15(22)9-17-12-19(24-26(17)18)14-7-4-3-5-8-14/h3-5,7-12H,2,6,13H2,1H3,(H,27,28). The van der Waals surface area contributed by atoms with Crippen molar-refractivity contribution in [1.29, 1.82) is 0 Å². The van der Waals surface area contributed by atoms with Gasteiger partial charge < -0.3 is 5.11 Å². The average molecular weight is 395 g/mol. The fraction of sp³-hybridized carbons (Fsp3) is 0.190. The molecule has 0 aliphatic heterocycles. The highest BCUT2D eigenvalue weighted by molar-refractivity contribution is 6.31. The van der Waals surface area contributed by atoms with Gasteiger partial charge in [-0.3, -0.25) is 4.68 Å². The minimum absolute atomic E-state index is 0.0483. The van der Waals surface area contributed by atoms with Crippen LogP contribution in [0.1, 0.15) is 35.2 Å². The fourth-order valence-electron chi connectivity index (χ4n) is 3.30. The summed E-state index contributed by atoms with van der Waals surface area (Å²) >= 11 is 6.34. The Hall–Kier alpha value is -3.12. The van der Waals surface area contributed by atoms with Crippen LogP contribution >= 0.6 is 11.6 Å². The van der Waals surface area contributed by atoms with Crippen molar-refractivity contribution in [3.8, 4) is 11.3 Å². The van der Waals surface area contributed by atoms with Gasteiger partial charge in [-0.25, -0.2) is 9.31 Å². The molecular weight excluding hydrogens is 376 g/mol. The van der Waals surface area contributed by atoms with Gasteiger partial charge in [0, 0.05) is 16.3 Å². The summed E-state index contributed by atoms with van der Waals surface area (Å²) in [6, 6.07) is 17.3. The molecule has 6 nitrogen and oxygen atoms in total. The second kappa shape index (κ2) is 7.48. The number of carbonyl (C=O) groups is 1. The fourth-order valence-corrected chi connectivity index (χ4v) is 3.54. The van der Waals surface area contributed by atoms with Gasteiger partial charge in [0.1, 0.15) is 0 Å². The van der Waals surface area contributed by atoms with Gasteiger partial charge in [-0.1, -0.05) is 55.3 Å². The highest BCUT2D eigenvalue weighted by atomic mass is 35.5. The van der Waals surface area contributed by atoms with Crippen LogP contribution in [0.25, 0.3) is 16.8 Å². The third-order valence-corrected chi connectivity index (χ3v) is 4.79. The number of hydrogen-bond acceptors (Lipinski definition) is 3. The lowest BCUT2D eigenvalue weighted by atomic mass is 10.1. The van der Waals surface area contributed by atoms with E-state index in [-0.39, 0.29) is 5.69 Å². The number of aryl methyl sites for hydroxylation is 1. The summed E-state index contributed by atoms with van der Waals surface area (Å²) < 4.78 is 3.56. The minimum atomic E-state index is -1.03. The molecule has 0 atom stereocenters. The maximum Gasteiger partial charge on any atom is 0.356 e. The van der Waals surface area contributed by atoms with Gasteiger partial charge >= 0.3 is 5.97 Å². The van der Waals surface area contributed by atoms with Crippen molar-refractivity contribution in [2.45, 2.75) is 26.3 Å². The number of rotatable bonds is 6. The van der Waals surface area contributed by atoms with Crippen LogP contribution in [0.2, 0.25) is 5.02 Å². The highest BCUT2D eigenvalue weighted by Gasteiger charge is 2.15. The van der Waals surface area contributed by atoms with Gasteiger partial charge in [0.25, 0.3) is 0 Å². The van der Waals surface area contributed by atoms with E-state index in [2.05, 4.69) is 12.0 Å². The highest BCUT2D eigenvalue weighted by Crippen LogP contribution is 2.24. The Morgan fingerprint density at radius 2 is 1.86 bits per heavy atom. The molecule has 0 amide bonds. The van der Waals surface area contributed by atoms with E-state index < -0.39 is 5.97 Å². The van der Waals surface area contributed by atoms with Crippen LogP contribution in [0, 0.1) is 0 Å².